The van der Waals surface area contributed by atoms with Crippen molar-refractivity contribution in [3.63, 3.8) is 0 Å². The highest BCUT2D eigenvalue weighted by atomic mass is 32.2. The van der Waals surface area contributed by atoms with Crippen LogP contribution in [0, 0.1) is 10.1 Å². The molecule has 0 saturated heterocycles. The van der Waals surface area contributed by atoms with E-state index in [1.54, 1.807) is 57.4 Å². The van der Waals surface area contributed by atoms with Gasteiger partial charge in [-0.25, -0.2) is 4.79 Å². The highest BCUT2D eigenvalue weighted by Gasteiger charge is 2.19. The zero-order chi connectivity index (χ0) is 20.0. The Balaban J connectivity index is 2.12. The Labute approximate surface area is 161 Å². The zero-order valence-electron chi connectivity index (χ0n) is 15.2. The smallest absolute Gasteiger partial charge is 0.339 e. The molecule has 0 aliphatic rings. The monoisotopic (exact) mass is 388 g/mol. The van der Waals surface area contributed by atoms with E-state index in [9.17, 15) is 19.7 Å². The van der Waals surface area contributed by atoms with Gasteiger partial charge >= 0.3 is 5.97 Å². The van der Waals surface area contributed by atoms with Gasteiger partial charge in [-0.3, -0.25) is 14.9 Å². The number of non-ortho nitro benzene ring substituents is 1. The van der Waals surface area contributed by atoms with Gasteiger partial charge in [0.1, 0.15) is 6.10 Å². The molecular formula is C19H20N2O5S. The predicted molar refractivity (Wildman–Crippen MR) is 103 cm³/mol. The van der Waals surface area contributed by atoms with E-state index in [4.69, 9.17) is 4.74 Å². The lowest BCUT2D eigenvalue weighted by molar-refractivity contribution is -0.385. The average Bonchev–Trinajstić information content (AvgIpc) is 2.66. The van der Waals surface area contributed by atoms with E-state index in [1.165, 1.54) is 28.8 Å². The summed E-state index contributed by atoms with van der Waals surface area (Å²) in [4.78, 5) is 36.9. The summed E-state index contributed by atoms with van der Waals surface area (Å²) in [5.41, 5.74) is 0.824. The maximum Gasteiger partial charge on any atom is 0.339 e. The molecule has 0 radical (unpaired) electrons. The SMILES string of the molecule is C[C@H](OC(=O)c1ccccc1SCC(=O)N(C)C)c1cccc([N+](=O)[O-])c1. The van der Waals surface area contributed by atoms with Gasteiger partial charge in [-0.05, 0) is 24.6 Å². The molecule has 1 amide bonds. The average molecular weight is 388 g/mol. The minimum Gasteiger partial charge on any atom is -0.454 e. The molecular weight excluding hydrogens is 368 g/mol. The topological polar surface area (TPSA) is 89.8 Å². The van der Waals surface area contributed by atoms with Gasteiger partial charge in [-0.1, -0.05) is 24.3 Å². The Morgan fingerprint density at radius 3 is 2.56 bits per heavy atom. The number of rotatable bonds is 7. The molecule has 2 aromatic rings. The third kappa shape index (κ3) is 5.55. The summed E-state index contributed by atoms with van der Waals surface area (Å²) in [5.74, 6) is -0.403. The predicted octanol–water partition coefficient (Wildman–Crippen LogP) is 3.69. The van der Waals surface area contributed by atoms with Crippen molar-refractivity contribution in [1.29, 1.82) is 0 Å². The fourth-order valence-electron chi connectivity index (χ4n) is 2.21. The van der Waals surface area contributed by atoms with Gasteiger partial charge in [0.25, 0.3) is 5.69 Å². The van der Waals surface area contributed by atoms with Crippen LogP contribution in [0.4, 0.5) is 5.69 Å². The molecule has 27 heavy (non-hydrogen) atoms. The van der Waals surface area contributed by atoms with Crippen LogP contribution in [-0.2, 0) is 9.53 Å². The number of hydrogen-bond acceptors (Lipinski definition) is 6. The number of amides is 1. The van der Waals surface area contributed by atoms with E-state index in [-0.39, 0.29) is 17.3 Å². The normalized spacial score (nSPS) is 11.5. The van der Waals surface area contributed by atoms with E-state index in [1.807, 2.05) is 0 Å². The van der Waals surface area contributed by atoms with Crippen LogP contribution in [0.1, 0.15) is 28.9 Å². The molecule has 1 atom stereocenters. The number of nitro groups is 1. The first-order valence-corrected chi connectivity index (χ1v) is 9.15. The fraction of sp³-hybridized carbons (Fsp3) is 0.263. The van der Waals surface area contributed by atoms with E-state index in [0.29, 0.717) is 16.0 Å². The van der Waals surface area contributed by atoms with E-state index in [2.05, 4.69) is 0 Å². The third-order valence-corrected chi connectivity index (χ3v) is 4.85. The highest BCUT2D eigenvalue weighted by Crippen LogP contribution is 2.27. The van der Waals surface area contributed by atoms with Gasteiger partial charge < -0.3 is 9.64 Å². The van der Waals surface area contributed by atoms with Gasteiger partial charge in [-0.2, -0.15) is 0 Å². The number of hydrogen-bond donors (Lipinski definition) is 0. The Bertz CT molecular complexity index is 853. The molecule has 0 bridgehead atoms. The molecule has 142 valence electrons. The third-order valence-electron chi connectivity index (χ3n) is 3.79. The largest absolute Gasteiger partial charge is 0.454 e. The quantitative estimate of drug-likeness (QED) is 0.311. The molecule has 0 heterocycles. The van der Waals surface area contributed by atoms with E-state index < -0.39 is 17.0 Å². The van der Waals surface area contributed by atoms with Gasteiger partial charge in [0.05, 0.1) is 16.2 Å². The van der Waals surface area contributed by atoms with Crippen LogP contribution in [0.2, 0.25) is 0 Å². The minimum atomic E-state index is -0.654. The van der Waals surface area contributed by atoms with Gasteiger partial charge in [-0.15, -0.1) is 11.8 Å². The van der Waals surface area contributed by atoms with Crippen molar-refractivity contribution in [2.75, 3.05) is 19.8 Å². The van der Waals surface area contributed by atoms with Crippen molar-refractivity contribution in [2.24, 2.45) is 0 Å². The lowest BCUT2D eigenvalue weighted by atomic mass is 10.1. The second-order valence-corrected chi connectivity index (χ2v) is 6.99. The summed E-state index contributed by atoms with van der Waals surface area (Å²) in [5, 5.41) is 10.9. The van der Waals surface area contributed by atoms with Gasteiger partial charge in [0.15, 0.2) is 0 Å². The molecule has 2 aromatic carbocycles. The number of thioether (sulfide) groups is 1. The standard InChI is InChI=1S/C19H20N2O5S/c1-13(14-7-6-8-15(11-14)21(24)25)26-19(23)16-9-4-5-10-17(16)27-12-18(22)20(2)3/h4-11,13H,12H2,1-3H3/t13-/m0/s1. The lowest BCUT2D eigenvalue weighted by Crippen LogP contribution is -2.23. The second kappa shape index (κ2) is 9.18. The molecule has 0 aliphatic carbocycles. The van der Waals surface area contributed by atoms with Crippen LogP contribution in [0.25, 0.3) is 0 Å². The van der Waals surface area contributed by atoms with Crippen LogP contribution in [0.3, 0.4) is 0 Å². The summed E-state index contributed by atoms with van der Waals surface area (Å²) >= 11 is 1.26. The van der Waals surface area contributed by atoms with Crippen molar-refractivity contribution in [3.8, 4) is 0 Å². The van der Waals surface area contributed by atoms with Crippen LogP contribution in [-0.4, -0.2) is 41.5 Å². The molecule has 2 rings (SSSR count). The first-order valence-electron chi connectivity index (χ1n) is 8.17. The molecule has 7 nitrogen and oxygen atoms in total. The highest BCUT2D eigenvalue weighted by molar-refractivity contribution is 8.00. The lowest BCUT2D eigenvalue weighted by Gasteiger charge is -2.15. The zero-order valence-corrected chi connectivity index (χ0v) is 16.1. The van der Waals surface area contributed by atoms with Crippen molar-refractivity contribution in [3.05, 3.63) is 69.8 Å². The molecule has 0 saturated carbocycles. The number of benzene rings is 2. The van der Waals surface area contributed by atoms with E-state index >= 15 is 0 Å². The van der Waals surface area contributed by atoms with Crippen molar-refractivity contribution in [1.82, 2.24) is 4.90 Å². The summed E-state index contributed by atoms with van der Waals surface area (Å²) in [7, 11) is 3.34. The summed E-state index contributed by atoms with van der Waals surface area (Å²) < 4.78 is 5.48. The van der Waals surface area contributed by atoms with Gasteiger partial charge in [0.2, 0.25) is 5.91 Å². The molecule has 0 unspecified atom stereocenters. The Hall–Kier alpha value is -2.87. The number of carbonyl (C=O) groups excluding carboxylic acids is 2. The van der Waals surface area contributed by atoms with Crippen LogP contribution < -0.4 is 0 Å². The molecule has 0 aromatic heterocycles. The number of carbonyl (C=O) groups is 2. The maximum atomic E-state index is 12.6. The molecule has 0 spiro atoms. The first-order chi connectivity index (χ1) is 12.8. The maximum absolute atomic E-state index is 12.6. The van der Waals surface area contributed by atoms with Crippen LogP contribution in [0.15, 0.2) is 53.4 Å². The van der Waals surface area contributed by atoms with E-state index in [0.717, 1.165) is 0 Å². The van der Waals surface area contributed by atoms with Crippen LogP contribution >= 0.6 is 11.8 Å². The van der Waals surface area contributed by atoms with Crippen molar-refractivity contribution >= 4 is 29.3 Å². The number of nitro benzene ring substituents is 1. The molecule has 0 aliphatic heterocycles. The Morgan fingerprint density at radius 1 is 1.19 bits per heavy atom. The summed E-state index contributed by atoms with van der Waals surface area (Å²) in [6.45, 7) is 1.66. The first kappa shape index (κ1) is 20.4. The van der Waals surface area contributed by atoms with Crippen molar-refractivity contribution < 1.29 is 19.2 Å². The van der Waals surface area contributed by atoms with Gasteiger partial charge in [0, 0.05) is 31.1 Å². The number of nitrogens with zero attached hydrogens (tertiary/aromatic N) is 2. The summed E-state index contributed by atoms with van der Waals surface area (Å²) in [6, 6.07) is 12.9. The minimum absolute atomic E-state index is 0.0615. The second-order valence-electron chi connectivity index (χ2n) is 5.97. The fourth-order valence-corrected chi connectivity index (χ4v) is 3.23. The summed E-state index contributed by atoms with van der Waals surface area (Å²) in [6.07, 6.45) is -0.654. The molecule has 0 fully saturated rings. The number of esters is 1. The van der Waals surface area contributed by atoms with Crippen molar-refractivity contribution in [2.45, 2.75) is 17.9 Å². The Kier molecular flexibility index (Phi) is 6.95. The Morgan fingerprint density at radius 2 is 1.89 bits per heavy atom. The molecule has 0 N–H and O–H groups in total. The number of ether oxygens (including phenoxy) is 1. The van der Waals surface area contributed by atoms with Crippen LogP contribution in [0.5, 0.6) is 0 Å². The molecule has 8 heteroatoms.